The van der Waals surface area contributed by atoms with Gasteiger partial charge in [-0.25, -0.2) is 4.79 Å². The number of amides is 2. The Morgan fingerprint density at radius 2 is 2.00 bits per heavy atom. The smallest absolute Gasteiger partial charge is 0.315 e. The number of carbonyl (C=O) groups is 1. The van der Waals surface area contributed by atoms with Crippen molar-refractivity contribution >= 4 is 11.7 Å². The zero-order valence-electron chi connectivity index (χ0n) is 13.8. The van der Waals surface area contributed by atoms with E-state index in [0.29, 0.717) is 6.54 Å². The summed E-state index contributed by atoms with van der Waals surface area (Å²) in [5.74, 6) is 0. The van der Waals surface area contributed by atoms with Crippen molar-refractivity contribution in [2.45, 2.75) is 44.7 Å². The van der Waals surface area contributed by atoms with Crippen LogP contribution in [0.15, 0.2) is 18.2 Å². The molecule has 1 aromatic carbocycles. The zero-order chi connectivity index (χ0) is 16.2. The highest BCUT2D eigenvalue weighted by atomic mass is 16.3. The molecule has 0 saturated heterocycles. The molecule has 22 heavy (non-hydrogen) atoms. The summed E-state index contributed by atoms with van der Waals surface area (Å²) < 4.78 is 0. The average Bonchev–Trinajstić information content (AvgIpc) is 2.95. The molecular formula is C17H27N3O2. The number of aliphatic hydroxyl groups is 1. The largest absolute Gasteiger partial charge is 0.394 e. The standard InChI is InChI=1S/C17H27N3O2/c1-13-6-7-14(15(10-13)20(2)3)11-18-16(22)19-17(12-21)8-4-5-9-17/h6-7,10,21H,4-5,8-9,11-12H2,1-3H3,(H2,18,19,22). The first-order chi connectivity index (χ1) is 10.5. The topological polar surface area (TPSA) is 64.6 Å². The fraction of sp³-hybridized carbons (Fsp3) is 0.588. The number of carbonyl (C=O) groups excluding carboxylic acids is 1. The van der Waals surface area contributed by atoms with Crippen LogP contribution in [-0.2, 0) is 6.54 Å². The van der Waals surface area contributed by atoms with Crippen molar-refractivity contribution in [3.05, 3.63) is 29.3 Å². The number of aryl methyl sites for hydroxylation is 1. The molecule has 5 nitrogen and oxygen atoms in total. The van der Waals surface area contributed by atoms with E-state index in [4.69, 9.17) is 0 Å². The minimum atomic E-state index is -0.429. The second kappa shape index (κ2) is 7.01. The van der Waals surface area contributed by atoms with E-state index in [1.54, 1.807) is 0 Å². The van der Waals surface area contributed by atoms with E-state index in [2.05, 4.69) is 23.6 Å². The highest BCUT2D eigenvalue weighted by Gasteiger charge is 2.34. The van der Waals surface area contributed by atoms with Crippen LogP contribution in [0.2, 0.25) is 0 Å². The molecule has 0 unspecified atom stereocenters. The molecule has 1 aromatic rings. The SMILES string of the molecule is Cc1ccc(CNC(=O)NC2(CO)CCCC2)c(N(C)C)c1. The third kappa shape index (κ3) is 3.91. The summed E-state index contributed by atoms with van der Waals surface area (Å²) in [6, 6.07) is 6.00. The van der Waals surface area contributed by atoms with Crippen LogP contribution in [0.3, 0.4) is 0 Å². The van der Waals surface area contributed by atoms with E-state index >= 15 is 0 Å². The number of nitrogens with zero attached hydrogens (tertiary/aromatic N) is 1. The lowest BCUT2D eigenvalue weighted by atomic mass is 9.99. The minimum absolute atomic E-state index is 0.00784. The van der Waals surface area contributed by atoms with Crippen LogP contribution in [-0.4, -0.2) is 37.4 Å². The number of aliphatic hydroxyl groups excluding tert-OH is 1. The molecule has 0 bridgehead atoms. The van der Waals surface area contributed by atoms with Gasteiger partial charge >= 0.3 is 6.03 Å². The number of hydrogen-bond donors (Lipinski definition) is 3. The van der Waals surface area contributed by atoms with Gasteiger partial charge in [-0.3, -0.25) is 0 Å². The second-order valence-electron chi connectivity index (χ2n) is 6.48. The molecule has 0 spiro atoms. The van der Waals surface area contributed by atoms with E-state index in [1.165, 1.54) is 5.56 Å². The fourth-order valence-electron chi connectivity index (χ4n) is 3.07. The molecular weight excluding hydrogens is 278 g/mol. The Balaban J connectivity index is 1.96. The number of hydrogen-bond acceptors (Lipinski definition) is 3. The van der Waals surface area contributed by atoms with Crippen LogP contribution in [0.5, 0.6) is 0 Å². The quantitative estimate of drug-likeness (QED) is 0.781. The predicted octanol–water partition coefficient (Wildman–Crippen LogP) is 2.17. The van der Waals surface area contributed by atoms with Crippen molar-refractivity contribution in [1.29, 1.82) is 0 Å². The van der Waals surface area contributed by atoms with E-state index in [-0.39, 0.29) is 12.6 Å². The number of benzene rings is 1. The second-order valence-corrected chi connectivity index (χ2v) is 6.48. The van der Waals surface area contributed by atoms with Crippen molar-refractivity contribution in [3.8, 4) is 0 Å². The van der Waals surface area contributed by atoms with Gasteiger partial charge in [-0.05, 0) is 37.0 Å². The number of rotatable bonds is 5. The third-order valence-electron chi connectivity index (χ3n) is 4.40. The highest BCUT2D eigenvalue weighted by Crippen LogP contribution is 2.29. The first kappa shape index (κ1) is 16.6. The van der Waals surface area contributed by atoms with Crippen molar-refractivity contribution in [2.24, 2.45) is 0 Å². The molecule has 2 rings (SSSR count). The maximum absolute atomic E-state index is 12.1. The van der Waals surface area contributed by atoms with Gasteiger partial charge in [0.25, 0.3) is 0 Å². The van der Waals surface area contributed by atoms with Crippen LogP contribution < -0.4 is 15.5 Å². The van der Waals surface area contributed by atoms with E-state index in [1.807, 2.05) is 31.1 Å². The summed E-state index contributed by atoms with van der Waals surface area (Å²) in [7, 11) is 4.00. The molecule has 2 amide bonds. The van der Waals surface area contributed by atoms with Crippen molar-refractivity contribution in [3.63, 3.8) is 0 Å². The molecule has 0 radical (unpaired) electrons. The van der Waals surface area contributed by atoms with Gasteiger partial charge < -0.3 is 20.6 Å². The van der Waals surface area contributed by atoms with Gasteiger partial charge in [0, 0.05) is 26.3 Å². The summed E-state index contributed by atoms with van der Waals surface area (Å²) in [4.78, 5) is 14.2. The predicted molar refractivity (Wildman–Crippen MR) is 89.2 cm³/mol. The third-order valence-corrected chi connectivity index (χ3v) is 4.40. The molecule has 1 aliphatic rings. The summed E-state index contributed by atoms with van der Waals surface area (Å²) in [6.45, 7) is 2.54. The van der Waals surface area contributed by atoms with E-state index < -0.39 is 5.54 Å². The summed E-state index contributed by atoms with van der Waals surface area (Å²) >= 11 is 0. The molecule has 1 fully saturated rings. The number of urea groups is 1. The Hall–Kier alpha value is -1.75. The Labute approximate surface area is 132 Å². The number of anilines is 1. The highest BCUT2D eigenvalue weighted by molar-refractivity contribution is 5.75. The fourth-order valence-corrected chi connectivity index (χ4v) is 3.07. The van der Waals surface area contributed by atoms with Crippen LogP contribution in [0.4, 0.5) is 10.5 Å². The Bertz CT molecular complexity index is 523. The van der Waals surface area contributed by atoms with Crippen LogP contribution in [0.1, 0.15) is 36.8 Å². The van der Waals surface area contributed by atoms with Crippen molar-refractivity contribution in [1.82, 2.24) is 10.6 Å². The molecule has 5 heteroatoms. The van der Waals surface area contributed by atoms with Crippen LogP contribution in [0.25, 0.3) is 0 Å². The van der Waals surface area contributed by atoms with Crippen LogP contribution in [0, 0.1) is 6.92 Å². The molecule has 1 aliphatic carbocycles. The molecule has 122 valence electrons. The van der Waals surface area contributed by atoms with Gasteiger partial charge in [0.2, 0.25) is 0 Å². The first-order valence-electron chi connectivity index (χ1n) is 7.89. The van der Waals surface area contributed by atoms with Crippen molar-refractivity contribution in [2.75, 3.05) is 25.6 Å². The number of nitrogens with one attached hydrogen (secondary N) is 2. The molecule has 1 saturated carbocycles. The van der Waals surface area contributed by atoms with Crippen LogP contribution >= 0.6 is 0 Å². The zero-order valence-corrected chi connectivity index (χ0v) is 13.8. The summed E-state index contributed by atoms with van der Waals surface area (Å²) in [5, 5.41) is 15.4. The molecule has 0 heterocycles. The summed E-state index contributed by atoms with van der Waals surface area (Å²) in [6.07, 6.45) is 3.82. The Kier molecular flexibility index (Phi) is 5.29. The Morgan fingerprint density at radius 1 is 1.32 bits per heavy atom. The minimum Gasteiger partial charge on any atom is -0.394 e. The van der Waals surface area contributed by atoms with Gasteiger partial charge in [0.05, 0.1) is 12.1 Å². The van der Waals surface area contributed by atoms with E-state index in [9.17, 15) is 9.90 Å². The van der Waals surface area contributed by atoms with Gasteiger partial charge in [0.1, 0.15) is 0 Å². The normalized spacial score (nSPS) is 16.4. The molecule has 0 atom stereocenters. The lowest BCUT2D eigenvalue weighted by molar-refractivity contribution is 0.163. The lowest BCUT2D eigenvalue weighted by Crippen LogP contribution is -2.52. The van der Waals surface area contributed by atoms with Crippen molar-refractivity contribution < 1.29 is 9.90 Å². The lowest BCUT2D eigenvalue weighted by Gasteiger charge is -2.28. The monoisotopic (exact) mass is 305 g/mol. The molecule has 0 aliphatic heterocycles. The molecule has 0 aromatic heterocycles. The summed E-state index contributed by atoms with van der Waals surface area (Å²) in [5.41, 5.74) is 2.96. The maximum atomic E-state index is 12.1. The Morgan fingerprint density at radius 3 is 2.59 bits per heavy atom. The van der Waals surface area contributed by atoms with Gasteiger partial charge in [-0.15, -0.1) is 0 Å². The van der Waals surface area contributed by atoms with Gasteiger partial charge in [0.15, 0.2) is 0 Å². The maximum Gasteiger partial charge on any atom is 0.315 e. The van der Waals surface area contributed by atoms with Gasteiger partial charge in [-0.2, -0.15) is 0 Å². The van der Waals surface area contributed by atoms with Gasteiger partial charge in [-0.1, -0.05) is 25.0 Å². The average molecular weight is 305 g/mol. The first-order valence-corrected chi connectivity index (χ1v) is 7.89. The van der Waals surface area contributed by atoms with E-state index in [0.717, 1.165) is 36.9 Å². The molecule has 3 N–H and O–H groups in total.